The summed E-state index contributed by atoms with van der Waals surface area (Å²) in [6.45, 7) is 1.54. The summed E-state index contributed by atoms with van der Waals surface area (Å²) in [7, 11) is 0.719. The molecule has 1 aromatic carbocycles. The fourth-order valence-corrected chi connectivity index (χ4v) is 2.43. The summed E-state index contributed by atoms with van der Waals surface area (Å²) in [4.78, 5) is -0.715. The van der Waals surface area contributed by atoms with Crippen LogP contribution in [0.4, 0.5) is 13.2 Å². The molecule has 0 fully saturated rings. The molecule has 0 heterocycles. The summed E-state index contributed by atoms with van der Waals surface area (Å²) in [5, 5.41) is 8.86. The summed E-state index contributed by atoms with van der Waals surface area (Å²) in [6, 6.07) is 3.48. The van der Waals surface area contributed by atoms with Crippen molar-refractivity contribution >= 4 is 19.7 Å². The van der Waals surface area contributed by atoms with Crippen LogP contribution in [0.5, 0.6) is 5.75 Å². The molecule has 104 valence electrons. The normalized spacial score (nSPS) is 12.0. The molecular formula is C10H7ClF3NO3S. The molecule has 0 amide bonds. The topological polar surface area (TPSA) is 67.2 Å². The van der Waals surface area contributed by atoms with Crippen molar-refractivity contribution in [3.05, 3.63) is 23.3 Å². The van der Waals surface area contributed by atoms with Gasteiger partial charge in [-0.1, -0.05) is 13.0 Å². The zero-order chi connectivity index (χ0) is 14.8. The summed E-state index contributed by atoms with van der Waals surface area (Å²) in [5.74, 6) is -0.834. The van der Waals surface area contributed by atoms with Crippen LogP contribution in [-0.2, 0) is 15.5 Å². The Morgan fingerprint density at radius 3 is 2.37 bits per heavy atom. The minimum Gasteiger partial charge on any atom is -0.404 e. The van der Waals surface area contributed by atoms with Gasteiger partial charge in [0.15, 0.2) is 5.75 Å². The quantitative estimate of drug-likeness (QED) is 0.805. The van der Waals surface area contributed by atoms with E-state index in [2.05, 4.69) is 4.74 Å². The van der Waals surface area contributed by atoms with Crippen LogP contribution in [0.25, 0.3) is 0 Å². The van der Waals surface area contributed by atoms with Gasteiger partial charge in [-0.15, -0.1) is 13.2 Å². The van der Waals surface area contributed by atoms with Crippen molar-refractivity contribution < 1.29 is 26.3 Å². The van der Waals surface area contributed by atoms with Gasteiger partial charge in [0.25, 0.3) is 9.05 Å². The molecular weight excluding hydrogens is 307 g/mol. The van der Waals surface area contributed by atoms with Crippen molar-refractivity contribution in [1.29, 1.82) is 5.26 Å². The standard InChI is InChI=1S/C10H7ClF3NO3S/c1-2-6-3-4-8(19(11,16)17)7(5-15)9(6)18-10(12,13)14/h3-4H,2H2,1H3. The van der Waals surface area contributed by atoms with Crippen LogP contribution in [-0.4, -0.2) is 14.8 Å². The number of nitriles is 1. The van der Waals surface area contributed by atoms with Gasteiger partial charge in [-0.3, -0.25) is 0 Å². The molecule has 0 saturated heterocycles. The monoisotopic (exact) mass is 313 g/mol. The minimum absolute atomic E-state index is 0.0536. The van der Waals surface area contributed by atoms with Crippen LogP contribution in [0.15, 0.2) is 17.0 Å². The van der Waals surface area contributed by atoms with Gasteiger partial charge in [-0.05, 0) is 18.1 Å². The van der Waals surface area contributed by atoms with E-state index in [1.165, 1.54) is 13.0 Å². The average molecular weight is 314 g/mol. The van der Waals surface area contributed by atoms with E-state index in [0.29, 0.717) is 0 Å². The lowest BCUT2D eigenvalue weighted by Gasteiger charge is -2.15. The number of aryl methyl sites for hydroxylation is 1. The van der Waals surface area contributed by atoms with Crippen LogP contribution >= 0.6 is 10.7 Å². The second kappa shape index (κ2) is 5.27. The smallest absolute Gasteiger partial charge is 0.404 e. The fraction of sp³-hybridized carbons (Fsp3) is 0.300. The van der Waals surface area contributed by atoms with E-state index in [1.807, 2.05) is 0 Å². The van der Waals surface area contributed by atoms with Crippen molar-refractivity contribution in [3.63, 3.8) is 0 Å². The maximum absolute atomic E-state index is 12.3. The largest absolute Gasteiger partial charge is 0.573 e. The predicted molar refractivity (Wildman–Crippen MR) is 60.3 cm³/mol. The molecule has 1 rings (SSSR count). The molecule has 0 radical (unpaired) electrons. The molecule has 0 saturated carbocycles. The van der Waals surface area contributed by atoms with E-state index in [4.69, 9.17) is 15.9 Å². The molecule has 0 aliphatic carbocycles. The number of benzene rings is 1. The first kappa shape index (κ1) is 15.6. The molecule has 4 nitrogen and oxygen atoms in total. The number of ether oxygens (including phenoxy) is 1. The molecule has 0 aromatic heterocycles. The molecule has 0 atom stereocenters. The second-order valence-corrected chi connectivity index (χ2v) is 5.91. The SMILES string of the molecule is CCc1ccc(S(=O)(=O)Cl)c(C#N)c1OC(F)(F)F. The third-order valence-corrected chi connectivity index (χ3v) is 3.54. The number of halogens is 4. The number of alkyl halides is 3. The van der Waals surface area contributed by atoms with Crippen LogP contribution in [0.1, 0.15) is 18.1 Å². The third kappa shape index (κ3) is 3.75. The first-order valence-electron chi connectivity index (χ1n) is 4.86. The van der Waals surface area contributed by atoms with E-state index in [0.717, 1.165) is 12.1 Å². The van der Waals surface area contributed by atoms with Crippen molar-refractivity contribution in [2.75, 3.05) is 0 Å². The highest BCUT2D eigenvalue weighted by Gasteiger charge is 2.34. The van der Waals surface area contributed by atoms with Gasteiger partial charge < -0.3 is 4.74 Å². The molecule has 0 bridgehead atoms. The van der Waals surface area contributed by atoms with Crippen LogP contribution in [0.3, 0.4) is 0 Å². The second-order valence-electron chi connectivity index (χ2n) is 3.38. The zero-order valence-electron chi connectivity index (χ0n) is 9.45. The van der Waals surface area contributed by atoms with Crippen LogP contribution in [0.2, 0.25) is 0 Å². The van der Waals surface area contributed by atoms with Crippen molar-refractivity contribution in [2.45, 2.75) is 24.6 Å². The van der Waals surface area contributed by atoms with Gasteiger partial charge in [0, 0.05) is 10.7 Å². The summed E-state index contributed by atoms with van der Waals surface area (Å²) in [5.41, 5.74) is -0.704. The fourth-order valence-electron chi connectivity index (χ4n) is 1.43. The lowest BCUT2D eigenvalue weighted by Crippen LogP contribution is -2.19. The third-order valence-electron chi connectivity index (χ3n) is 2.17. The zero-order valence-corrected chi connectivity index (χ0v) is 11.0. The van der Waals surface area contributed by atoms with Gasteiger partial charge in [0.1, 0.15) is 16.5 Å². The van der Waals surface area contributed by atoms with Gasteiger partial charge in [0.2, 0.25) is 0 Å². The van der Waals surface area contributed by atoms with Crippen LogP contribution in [0, 0.1) is 11.3 Å². The van der Waals surface area contributed by atoms with Gasteiger partial charge in [-0.25, -0.2) is 8.42 Å². The van der Waals surface area contributed by atoms with E-state index in [1.54, 1.807) is 0 Å². The molecule has 0 spiro atoms. The Kier molecular flexibility index (Phi) is 4.32. The lowest BCUT2D eigenvalue weighted by atomic mass is 10.1. The Labute approximate surface area is 111 Å². The van der Waals surface area contributed by atoms with E-state index in [9.17, 15) is 21.6 Å². The molecule has 0 aliphatic rings. The summed E-state index contributed by atoms with van der Waals surface area (Å²) in [6.07, 6.45) is -4.91. The Balaban J connectivity index is 3.62. The number of rotatable bonds is 3. The molecule has 9 heteroatoms. The van der Waals surface area contributed by atoms with Crippen LogP contribution < -0.4 is 4.74 Å². The molecule has 0 aliphatic heterocycles. The van der Waals surface area contributed by atoms with Gasteiger partial charge in [-0.2, -0.15) is 5.26 Å². The van der Waals surface area contributed by atoms with Crippen molar-refractivity contribution in [2.24, 2.45) is 0 Å². The highest BCUT2D eigenvalue weighted by Crippen LogP contribution is 2.35. The number of nitrogens with zero attached hydrogens (tertiary/aromatic N) is 1. The Morgan fingerprint density at radius 2 is 2.00 bits per heavy atom. The first-order valence-corrected chi connectivity index (χ1v) is 7.17. The van der Waals surface area contributed by atoms with Gasteiger partial charge in [0.05, 0.1) is 0 Å². The van der Waals surface area contributed by atoms with E-state index in [-0.39, 0.29) is 12.0 Å². The van der Waals surface area contributed by atoms with Gasteiger partial charge >= 0.3 is 6.36 Å². The Morgan fingerprint density at radius 1 is 1.42 bits per heavy atom. The first-order chi connectivity index (χ1) is 8.60. The lowest BCUT2D eigenvalue weighted by molar-refractivity contribution is -0.275. The van der Waals surface area contributed by atoms with Crippen molar-refractivity contribution in [1.82, 2.24) is 0 Å². The highest BCUT2D eigenvalue weighted by molar-refractivity contribution is 8.13. The molecule has 0 N–H and O–H groups in total. The minimum atomic E-state index is -5.04. The Bertz CT molecular complexity index is 635. The number of hydrogen-bond donors (Lipinski definition) is 0. The predicted octanol–water partition coefficient (Wildman–Crippen LogP) is 2.95. The molecule has 1 aromatic rings. The van der Waals surface area contributed by atoms with E-state index < -0.39 is 31.6 Å². The maximum Gasteiger partial charge on any atom is 0.573 e. The summed E-state index contributed by atoms with van der Waals surface area (Å²) >= 11 is 0. The average Bonchev–Trinajstić information content (AvgIpc) is 2.25. The molecule has 19 heavy (non-hydrogen) atoms. The molecule has 0 unspecified atom stereocenters. The Hall–Kier alpha value is -1.46. The highest BCUT2D eigenvalue weighted by atomic mass is 35.7. The number of hydrogen-bond acceptors (Lipinski definition) is 4. The van der Waals surface area contributed by atoms with E-state index >= 15 is 0 Å². The maximum atomic E-state index is 12.3. The van der Waals surface area contributed by atoms with Crippen molar-refractivity contribution in [3.8, 4) is 11.8 Å². The summed E-state index contributed by atoms with van der Waals surface area (Å²) < 4.78 is 63.0.